The van der Waals surface area contributed by atoms with Crippen molar-refractivity contribution in [2.75, 3.05) is 5.32 Å². The van der Waals surface area contributed by atoms with Crippen LogP contribution in [0.1, 0.15) is 29.8 Å². The molecule has 1 heterocycles. The van der Waals surface area contributed by atoms with Crippen molar-refractivity contribution in [2.45, 2.75) is 26.3 Å². The molecule has 22 heavy (non-hydrogen) atoms. The molecule has 0 spiro atoms. The third-order valence-electron chi connectivity index (χ3n) is 3.23. The van der Waals surface area contributed by atoms with Gasteiger partial charge in [0.15, 0.2) is 11.4 Å². The Morgan fingerprint density at radius 3 is 2.59 bits per heavy atom. The number of amides is 1. The van der Waals surface area contributed by atoms with Crippen LogP contribution in [0.15, 0.2) is 30.5 Å². The Labute approximate surface area is 126 Å². The van der Waals surface area contributed by atoms with Crippen LogP contribution in [-0.2, 0) is 10.3 Å². The van der Waals surface area contributed by atoms with E-state index in [0.29, 0.717) is 5.56 Å². The van der Waals surface area contributed by atoms with Crippen molar-refractivity contribution >= 4 is 17.7 Å². The van der Waals surface area contributed by atoms with E-state index >= 15 is 0 Å². The van der Waals surface area contributed by atoms with Gasteiger partial charge in [-0.1, -0.05) is 0 Å². The van der Waals surface area contributed by atoms with E-state index in [-0.39, 0.29) is 11.4 Å². The summed E-state index contributed by atoms with van der Waals surface area (Å²) in [6.45, 7) is 4.66. The van der Waals surface area contributed by atoms with E-state index in [4.69, 9.17) is 5.11 Å². The molecule has 0 aliphatic heterocycles. The minimum Gasteiger partial charge on any atom is -0.479 e. The molecule has 0 saturated heterocycles. The van der Waals surface area contributed by atoms with Crippen LogP contribution in [0, 0.1) is 12.7 Å². The number of nitrogens with zero attached hydrogens (tertiary/aromatic N) is 2. The fourth-order valence-electron chi connectivity index (χ4n) is 1.86. The number of benzene rings is 1. The lowest BCUT2D eigenvalue weighted by molar-refractivity contribution is -0.146. The molecule has 1 aromatic carbocycles. The number of carboxylic acids is 1. The highest BCUT2D eigenvalue weighted by Gasteiger charge is 2.30. The number of carboxylic acid groups (broad SMARTS) is 1. The molecule has 116 valence electrons. The van der Waals surface area contributed by atoms with Gasteiger partial charge in [-0.25, -0.2) is 9.18 Å². The van der Waals surface area contributed by atoms with E-state index in [1.54, 1.807) is 13.0 Å². The molecular weight excluding hydrogens is 289 g/mol. The first kappa shape index (κ1) is 15.7. The van der Waals surface area contributed by atoms with E-state index in [1.165, 1.54) is 36.9 Å². The fraction of sp³-hybridized carbons (Fsp3) is 0.267. The second-order valence-corrected chi connectivity index (χ2v) is 5.48. The Bertz CT molecular complexity index is 717. The van der Waals surface area contributed by atoms with Gasteiger partial charge >= 0.3 is 5.97 Å². The lowest BCUT2D eigenvalue weighted by Crippen LogP contribution is -2.36. The number of carbonyl (C=O) groups excluding carboxylic acids is 1. The predicted octanol–water partition coefficient (Wildman–Crippen LogP) is 2.40. The smallest absolute Gasteiger partial charge is 0.331 e. The maximum absolute atomic E-state index is 13.3. The van der Waals surface area contributed by atoms with Gasteiger partial charge in [0, 0.05) is 17.8 Å². The van der Waals surface area contributed by atoms with Crippen molar-refractivity contribution in [3.63, 3.8) is 0 Å². The molecule has 2 N–H and O–H groups in total. The molecule has 0 unspecified atom stereocenters. The third kappa shape index (κ3) is 3.13. The van der Waals surface area contributed by atoms with Crippen LogP contribution in [0.4, 0.5) is 10.2 Å². The quantitative estimate of drug-likeness (QED) is 0.908. The Kier molecular flexibility index (Phi) is 3.99. The number of rotatable bonds is 4. The van der Waals surface area contributed by atoms with Gasteiger partial charge in [0.2, 0.25) is 0 Å². The van der Waals surface area contributed by atoms with Gasteiger partial charge in [0.25, 0.3) is 5.91 Å². The highest BCUT2D eigenvalue weighted by Crippen LogP contribution is 2.17. The van der Waals surface area contributed by atoms with E-state index in [1.807, 2.05) is 0 Å². The second kappa shape index (κ2) is 5.59. The molecule has 0 bridgehead atoms. The van der Waals surface area contributed by atoms with Gasteiger partial charge in [0.1, 0.15) is 5.82 Å². The maximum atomic E-state index is 13.3. The summed E-state index contributed by atoms with van der Waals surface area (Å²) in [5, 5.41) is 15.7. The highest BCUT2D eigenvalue weighted by molar-refractivity contribution is 6.03. The Morgan fingerprint density at radius 2 is 2.00 bits per heavy atom. The van der Waals surface area contributed by atoms with E-state index < -0.39 is 23.2 Å². The molecule has 0 aliphatic rings. The SMILES string of the molecule is Cc1cc(F)cc(C(=O)Nc2ccn(C(C)(C)C(=O)O)n2)c1. The third-order valence-corrected chi connectivity index (χ3v) is 3.23. The average molecular weight is 305 g/mol. The second-order valence-electron chi connectivity index (χ2n) is 5.48. The van der Waals surface area contributed by atoms with Crippen LogP contribution >= 0.6 is 0 Å². The number of hydrogen-bond acceptors (Lipinski definition) is 3. The highest BCUT2D eigenvalue weighted by atomic mass is 19.1. The summed E-state index contributed by atoms with van der Waals surface area (Å²) in [6.07, 6.45) is 1.46. The summed E-state index contributed by atoms with van der Waals surface area (Å²) in [7, 11) is 0. The van der Waals surface area contributed by atoms with Crippen molar-refractivity contribution in [3.05, 3.63) is 47.4 Å². The average Bonchev–Trinajstić information content (AvgIpc) is 2.86. The number of nitrogens with one attached hydrogen (secondary N) is 1. The summed E-state index contributed by atoms with van der Waals surface area (Å²) < 4.78 is 14.5. The molecule has 0 saturated carbocycles. The van der Waals surface area contributed by atoms with E-state index in [0.717, 1.165) is 6.07 Å². The number of halogens is 1. The van der Waals surface area contributed by atoms with Gasteiger partial charge < -0.3 is 10.4 Å². The first-order valence-electron chi connectivity index (χ1n) is 6.58. The Morgan fingerprint density at radius 1 is 1.32 bits per heavy atom. The number of aryl methyl sites for hydroxylation is 1. The Balaban J connectivity index is 2.20. The molecule has 2 aromatic rings. The fourth-order valence-corrected chi connectivity index (χ4v) is 1.86. The minimum atomic E-state index is -1.24. The van der Waals surface area contributed by atoms with Gasteiger partial charge in [0.05, 0.1) is 0 Å². The summed E-state index contributed by atoms with van der Waals surface area (Å²) in [6, 6.07) is 5.48. The molecule has 7 heteroatoms. The number of aromatic nitrogens is 2. The summed E-state index contributed by atoms with van der Waals surface area (Å²) in [4.78, 5) is 23.2. The van der Waals surface area contributed by atoms with Crippen LogP contribution < -0.4 is 5.32 Å². The molecule has 2 rings (SSSR count). The van der Waals surface area contributed by atoms with E-state index in [9.17, 15) is 14.0 Å². The lowest BCUT2D eigenvalue weighted by atomic mass is 10.1. The van der Waals surface area contributed by atoms with Gasteiger partial charge in [-0.2, -0.15) is 5.10 Å². The first-order chi connectivity index (χ1) is 10.2. The normalized spacial score (nSPS) is 11.3. The van der Waals surface area contributed by atoms with Crippen LogP contribution in [0.5, 0.6) is 0 Å². The number of anilines is 1. The molecule has 0 fully saturated rings. The molecule has 0 atom stereocenters. The summed E-state index contributed by atoms with van der Waals surface area (Å²) in [5.41, 5.74) is -0.439. The zero-order chi connectivity index (χ0) is 16.5. The molecular formula is C15H16FN3O3. The van der Waals surface area contributed by atoms with Crippen LogP contribution in [0.25, 0.3) is 0 Å². The van der Waals surface area contributed by atoms with Crippen molar-refractivity contribution < 1.29 is 19.1 Å². The first-order valence-corrected chi connectivity index (χ1v) is 6.58. The van der Waals surface area contributed by atoms with Gasteiger partial charge in [-0.3, -0.25) is 9.48 Å². The van der Waals surface area contributed by atoms with Crippen molar-refractivity contribution in [1.29, 1.82) is 0 Å². The molecule has 0 aliphatic carbocycles. The van der Waals surface area contributed by atoms with Gasteiger partial charge in [-0.05, 0) is 44.5 Å². The summed E-state index contributed by atoms with van der Waals surface area (Å²) in [5.74, 6) is -1.86. The number of carbonyl (C=O) groups is 2. The zero-order valence-electron chi connectivity index (χ0n) is 12.4. The van der Waals surface area contributed by atoms with Crippen molar-refractivity contribution in [1.82, 2.24) is 9.78 Å². The Hall–Kier alpha value is -2.70. The monoisotopic (exact) mass is 305 g/mol. The van der Waals surface area contributed by atoms with Crippen molar-refractivity contribution in [2.24, 2.45) is 0 Å². The van der Waals surface area contributed by atoms with E-state index in [2.05, 4.69) is 10.4 Å². The van der Waals surface area contributed by atoms with Crippen LogP contribution in [0.2, 0.25) is 0 Å². The van der Waals surface area contributed by atoms with Gasteiger partial charge in [-0.15, -0.1) is 0 Å². The lowest BCUT2D eigenvalue weighted by Gasteiger charge is -2.19. The molecule has 1 aromatic heterocycles. The molecule has 1 amide bonds. The number of aliphatic carboxylic acids is 1. The maximum Gasteiger partial charge on any atom is 0.331 e. The van der Waals surface area contributed by atoms with Crippen LogP contribution in [-0.4, -0.2) is 26.8 Å². The zero-order valence-corrected chi connectivity index (χ0v) is 12.4. The minimum absolute atomic E-state index is 0.171. The largest absolute Gasteiger partial charge is 0.479 e. The van der Waals surface area contributed by atoms with Crippen LogP contribution in [0.3, 0.4) is 0 Å². The molecule has 0 radical (unpaired) electrons. The number of hydrogen-bond donors (Lipinski definition) is 2. The molecule has 6 nitrogen and oxygen atoms in total. The summed E-state index contributed by atoms with van der Waals surface area (Å²) >= 11 is 0. The standard InChI is InChI=1S/C15H16FN3O3/c1-9-6-10(8-11(16)7-9)13(20)17-12-4-5-19(18-12)15(2,3)14(21)22/h4-8H,1-3H3,(H,21,22)(H,17,18,20). The van der Waals surface area contributed by atoms with Crippen molar-refractivity contribution in [3.8, 4) is 0 Å². The predicted molar refractivity (Wildman–Crippen MR) is 78.3 cm³/mol. The topological polar surface area (TPSA) is 84.2 Å².